The van der Waals surface area contributed by atoms with Crippen LogP contribution in [0.3, 0.4) is 0 Å². The minimum absolute atomic E-state index is 0.0375. The molecule has 2 rings (SSSR count). The number of nitrogens with zero attached hydrogens (tertiary/aromatic N) is 2. The lowest BCUT2D eigenvalue weighted by atomic mass is 10.1. The van der Waals surface area contributed by atoms with Gasteiger partial charge in [-0.3, -0.25) is 4.79 Å². The fraction of sp³-hybridized carbons (Fsp3) is 0.533. The second-order valence-electron chi connectivity index (χ2n) is 5.68. The fourth-order valence-electron chi connectivity index (χ4n) is 2.84. The summed E-state index contributed by atoms with van der Waals surface area (Å²) in [6, 6.07) is 5.61. The Morgan fingerprint density at radius 3 is 2.60 bits per heavy atom. The maximum atomic E-state index is 12.5. The molecule has 0 spiro atoms. The van der Waals surface area contributed by atoms with Crippen molar-refractivity contribution in [1.29, 1.82) is 0 Å². The maximum absolute atomic E-state index is 12.5. The van der Waals surface area contributed by atoms with Crippen molar-refractivity contribution < 1.29 is 9.53 Å². The lowest BCUT2D eigenvalue weighted by Crippen LogP contribution is -2.35. The van der Waals surface area contributed by atoms with Crippen LogP contribution in [0.15, 0.2) is 18.2 Å². The molecule has 1 aromatic carbocycles. The molecule has 110 valence electrons. The first-order valence-electron chi connectivity index (χ1n) is 6.83. The van der Waals surface area contributed by atoms with E-state index in [9.17, 15) is 4.79 Å². The summed E-state index contributed by atoms with van der Waals surface area (Å²) < 4.78 is 5.11. The van der Waals surface area contributed by atoms with Crippen LogP contribution in [0.5, 0.6) is 5.75 Å². The number of likely N-dealkylation sites (N-methyl/N-ethyl adjacent to an activating group) is 1. The molecule has 1 fully saturated rings. The Labute approximate surface area is 120 Å². The summed E-state index contributed by atoms with van der Waals surface area (Å²) in [5.41, 5.74) is 6.98. The van der Waals surface area contributed by atoms with Gasteiger partial charge in [0.25, 0.3) is 5.91 Å². The number of nitrogen functional groups attached to an aromatic ring is 1. The highest BCUT2D eigenvalue weighted by atomic mass is 16.5. The number of benzene rings is 1. The van der Waals surface area contributed by atoms with Crippen LogP contribution in [0.25, 0.3) is 0 Å². The molecule has 1 aliphatic rings. The van der Waals surface area contributed by atoms with Gasteiger partial charge in [-0.15, -0.1) is 0 Å². The first kappa shape index (κ1) is 14.7. The molecule has 5 nitrogen and oxygen atoms in total. The number of amides is 1. The Morgan fingerprint density at radius 1 is 1.40 bits per heavy atom. The SMILES string of the molecule is COc1ccc(C(=O)N2CC(C)C(N(C)C)C2)cc1N. The Balaban J connectivity index is 2.14. The van der Waals surface area contributed by atoms with Gasteiger partial charge in [-0.1, -0.05) is 6.92 Å². The van der Waals surface area contributed by atoms with E-state index in [4.69, 9.17) is 10.5 Å². The number of likely N-dealkylation sites (tertiary alicyclic amines) is 1. The third-order valence-electron chi connectivity index (χ3n) is 4.00. The number of anilines is 1. The van der Waals surface area contributed by atoms with E-state index in [1.54, 1.807) is 25.3 Å². The predicted octanol–water partition coefficient (Wildman–Crippen LogP) is 1.30. The zero-order valence-corrected chi connectivity index (χ0v) is 12.6. The van der Waals surface area contributed by atoms with Crippen LogP contribution >= 0.6 is 0 Å². The van der Waals surface area contributed by atoms with Gasteiger partial charge in [-0.05, 0) is 38.2 Å². The van der Waals surface area contributed by atoms with Crippen molar-refractivity contribution in [1.82, 2.24) is 9.80 Å². The molecular formula is C15H23N3O2. The molecule has 1 aromatic rings. The smallest absolute Gasteiger partial charge is 0.253 e. The first-order chi connectivity index (χ1) is 9.43. The molecule has 0 radical (unpaired) electrons. The van der Waals surface area contributed by atoms with Crippen LogP contribution < -0.4 is 10.5 Å². The molecule has 1 amide bonds. The van der Waals surface area contributed by atoms with E-state index >= 15 is 0 Å². The van der Waals surface area contributed by atoms with Crippen molar-refractivity contribution in [2.75, 3.05) is 40.0 Å². The van der Waals surface area contributed by atoms with E-state index in [0.717, 1.165) is 13.1 Å². The molecule has 1 aliphatic heterocycles. The second kappa shape index (κ2) is 5.71. The van der Waals surface area contributed by atoms with Gasteiger partial charge >= 0.3 is 0 Å². The molecular weight excluding hydrogens is 254 g/mol. The predicted molar refractivity (Wildman–Crippen MR) is 79.9 cm³/mol. The molecule has 0 aromatic heterocycles. The molecule has 20 heavy (non-hydrogen) atoms. The number of hydrogen-bond acceptors (Lipinski definition) is 4. The quantitative estimate of drug-likeness (QED) is 0.846. The third kappa shape index (κ3) is 2.72. The van der Waals surface area contributed by atoms with Crippen molar-refractivity contribution in [3.05, 3.63) is 23.8 Å². The highest BCUT2D eigenvalue weighted by molar-refractivity contribution is 5.95. The Hall–Kier alpha value is -1.75. The van der Waals surface area contributed by atoms with Gasteiger partial charge in [0.2, 0.25) is 0 Å². The number of ether oxygens (including phenoxy) is 1. The monoisotopic (exact) mass is 277 g/mol. The molecule has 0 aliphatic carbocycles. The van der Waals surface area contributed by atoms with Crippen molar-refractivity contribution in [2.45, 2.75) is 13.0 Å². The van der Waals surface area contributed by atoms with Gasteiger partial charge < -0.3 is 20.3 Å². The number of rotatable bonds is 3. The number of nitrogens with two attached hydrogens (primary N) is 1. The van der Waals surface area contributed by atoms with Crippen molar-refractivity contribution in [2.24, 2.45) is 5.92 Å². The summed E-state index contributed by atoms with van der Waals surface area (Å²) in [6.07, 6.45) is 0. The standard InChI is InChI=1S/C15H23N3O2/c1-10-8-18(9-13(10)17(2)3)15(19)11-5-6-14(20-4)12(16)7-11/h5-7,10,13H,8-9,16H2,1-4H3. The molecule has 2 atom stereocenters. The minimum atomic E-state index is 0.0375. The lowest BCUT2D eigenvalue weighted by Gasteiger charge is -2.22. The lowest BCUT2D eigenvalue weighted by molar-refractivity contribution is 0.0781. The van der Waals surface area contributed by atoms with E-state index < -0.39 is 0 Å². The van der Waals surface area contributed by atoms with E-state index in [-0.39, 0.29) is 5.91 Å². The summed E-state index contributed by atoms with van der Waals surface area (Å²) >= 11 is 0. The normalized spacial score (nSPS) is 22.4. The molecule has 2 N–H and O–H groups in total. The molecule has 5 heteroatoms. The maximum Gasteiger partial charge on any atom is 0.253 e. The Morgan fingerprint density at radius 2 is 2.10 bits per heavy atom. The Kier molecular flexibility index (Phi) is 4.18. The van der Waals surface area contributed by atoms with E-state index in [2.05, 4.69) is 25.9 Å². The highest BCUT2D eigenvalue weighted by Crippen LogP contribution is 2.25. The number of hydrogen-bond donors (Lipinski definition) is 1. The Bertz CT molecular complexity index is 502. The van der Waals surface area contributed by atoms with Gasteiger partial charge in [0, 0.05) is 24.7 Å². The molecule has 2 unspecified atom stereocenters. The minimum Gasteiger partial charge on any atom is -0.495 e. The second-order valence-corrected chi connectivity index (χ2v) is 5.68. The average Bonchev–Trinajstić information content (AvgIpc) is 2.80. The number of carbonyl (C=O) groups excluding carboxylic acids is 1. The third-order valence-corrected chi connectivity index (χ3v) is 4.00. The highest BCUT2D eigenvalue weighted by Gasteiger charge is 2.34. The van der Waals surface area contributed by atoms with Crippen LogP contribution in [0.2, 0.25) is 0 Å². The summed E-state index contributed by atoms with van der Waals surface area (Å²) in [4.78, 5) is 16.6. The molecule has 1 heterocycles. The number of carbonyl (C=O) groups is 1. The van der Waals surface area contributed by atoms with Crippen LogP contribution in [-0.2, 0) is 0 Å². The van der Waals surface area contributed by atoms with E-state index in [1.165, 1.54) is 0 Å². The van der Waals surface area contributed by atoms with Crippen molar-refractivity contribution in [3.8, 4) is 5.75 Å². The van der Waals surface area contributed by atoms with Gasteiger partial charge in [-0.2, -0.15) is 0 Å². The average molecular weight is 277 g/mol. The molecule has 0 bridgehead atoms. The summed E-state index contributed by atoms with van der Waals surface area (Å²) in [6.45, 7) is 3.73. The first-order valence-corrected chi connectivity index (χ1v) is 6.83. The zero-order valence-electron chi connectivity index (χ0n) is 12.6. The molecule has 0 saturated carbocycles. The van der Waals surface area contributed by atoms with Gasteiger partial charge in [0.05, 0.1) is 12.8 Å². The van der Waals surface area contributed by atoms with Gasteiger partial charge in [-0.25, -0.2) is 0 Å². The largest absolute Gasteiger partial charge is 0.495 e. The van der Waals surface area contributed by atoms with E-state index in [1.807, 2.05) is 4.90 Å². The van der Waals surface area contributed by atoms with Crippen LogP contribution in [0, 0.1) is 5.92 Å². The van der Waals surface area contributed by atoms with Crippen LogP contribution in [0.4, 0.5) is 5.69 Å². The zero-order chi connectivity index (χ0) is 14.9. The van der Waals surface area contributed by atoms with Gasteiger partial charge in [0.1, 0.15) is 5.75 Å². The summed E-state index contributed by atoms with van der Waals surface area (Å²) in [5, 5.41) is 0. The topological polar surface area (TPSA) is 58.8 Å². The summed E-state index contributed by atoms with van der Waals surface area (Å²) in [5.74, 6) is 1.11. The van der Waals surface area contributed by atoms with Crippen LogP contribution in [-0.4, -0.2) is 56.0 Å². The summed E-state index contributed by atoms with van der Waals surface area (Å²) in [7, 11) is 5.68. The van der Waals surface area contributed by atoms with E-state index in [0.29, 0.717) is 29.0 Å². The van der Waals surface area contributed by atoms with Crippen molar-refractivity contribution in [3.63, 3.8) is 0 Å². The van der Waals surface area contributed by atoms with Crippen LogP contribution in [0.1, 0.15) is 17.3 Å². The fourth-order valence-corrected chi connectivity index (χ4v) is 2.84. The van der Waals surface area contributed by atoms with Gasteiger partial charge in [0.15, 0.2) is 0 Å². The molecule has 1 saturated heterocycles. The number of methoxy groups -OCH3 is 1. The van der Waals surface area contributed by atoms with Crippen molar-refractivity contribution >= 4 is 11.6 Å².